The van der Waals surface area contributed by atoms with E-state index >= 15 is 0 Å². The van der Waals surface area contributed by atoms with Gasteiger partial charge in [0.15, 0.2) is 0 Å². The van der Waals surface area contributed by atoms with Crippen LogP contribution in [0, 0.1) is 5.41 Å². The second-order valence-electron chi connectivity index (χ2n) is 6.89. The van der Waals surface area contributed by atoms with Crippen molar-refractivity contribution in [3.63, 3.8) is 0 Å². The van der Waals surface area contributed by atoms with Gasteiger partial charge in [0.05, 0.1) is 11.9 Å². The number of ether oxygens (including phenoxy) is 1. The zero-order valence-corrected chi connectivity index (χ0v) is 14.3. The van der Waals surface area contributed by atoms with E-state index in [1.54, 1.807) is 0 Å². The van der Waals surface area contributed by atoms with Gasteiger partial charge in [0.25, 0.3) is 5.24 Å². The maximum atomic E-state index is 11.6. The number of amides is 2. The number of imide groups is 1. The molecular weight excluding hydrogens is 333 g/mol. The third kappa shape index (κ3) is 5.25. The van der Waals surface area contributed by atoms with Crippen LogP contribution in [0.4, 0.5) is 4.79 Å². The number of nitrogens with one attached hydrogen (secondary N) is 1. The number of carbonyl (C=O) groups is 2. The van der Waals surface area contributed by atoms with Gasteiger partial charge in [-0.3, -0.25) is 14.9 Å². The van der Waals surface area contributed by atoms with Gasteiger partial charge in [-0.05, 0) is 37.0 Å². The van der Waals surface area contributed by atoms with Crippen molar-refractivity contribution in [3.05, 3.63) is 29.8 Å². The molecule has 3 rings (SSSR count). The summed E-state index contributed by atoms with van der Waals surface area (Å²) in [4.78, 5) is 22.8. The third-order valence-corrected chi connectivity index (χ3v) is 5.74. The normalized spacial score (nSPS) is 22.6. The van der Waals surface area contributed by atoms with Crippen molar-refractivity contribution in [1.29, 1.82) is 0 Å². The number of hydrogen-bond acceptors (Lipinski definition) is 4. The molecule has 2 amide bonds. The monoisotopic (exact) mass is 357 g/mol. The minimum atomic E-state index is -0.310. The van der Waals surface area contributed by atoms with Gasteiger partial charge < -0.3 is 4.74 Å². The second kappa shape index (κ2) is 8.75. The molecule has 1 aromatic carbocycles. The molecule has 1 N–H and O–H groups in total. The summed E-state index contributed by atoms with van der Waals surface area (Å²) in [6.07, 6.45) is 7.01. The molecule has 1 aliphatic heterocycles. The summed E-state index contributed by atoms with van der Waals surface area (Å²) in [5, 5.41) is 1.76. The van der Waals surface area contributed by atoms with E-state index in [-0.39, 0.29) is 46.0 Å². The second-order valence-corrected chi connectivity index (χ2v) is 8.07. The molecule has 1 atom stereocenters. The molecule has 1 aliphatic carbocycles. The van der Waals surface area contributed by atoms with E-state index in [0.29, 0.717) is 11.8 Å². The Kier molecular flexibility index (Phi) is 7.23. The van der Waals surface area contributed by atoms with E-state index in [9.17, 15) is 9.59 Å². The topological polar surface area (TPSA) is 55.4 Å². The van der Waals surface area contributed by atoms with E-state index in [1.807, 2.05) is 24.3 Å². The Bertz CT molecular complexity index is 584. The predicted octanol–water partition coefficient (Wildman–Crippen LogP) is 3.28. The van der Waals surface area contributed by atoms with Gasteiger partial charge in [0.2, 0.25) is 5.91 Å². The Morgan fingerprint density at radius 2 is 1.83 bits per heavy atom. The maximum absolute atomic E-state index is 11.6. The average molecular weight is 357 g/mol. The fraction of sp³-hybridized carbons (Fsp3) is 0.556. The van der Waals surface area contributed by atoms with Crippen molar-refractivity contribution >= 4 is 52.5 Å². The van der Waals surface area contributed by atoms with Crippen LogP contribution in [0.25, 0.3) is 0 Å². The van der Waals surface area contributed by atoms with Crippen LogP contribution < -0.4 is 10.1 Å². The molecule has 6 heteroatoms. The number of carbonyl (C=O) groups excluding carboxylic acids is 2. The molecule has 2 aliphatic rings. The van der Waals surface area contributed by atoms with E-state index in [1.165, 1.54) is 32.1 Å². The van der Waals surface area contributed by atoms with Crippen molar-refractivity contribution in [2.75, 3.05) is 6.61 Å². The van der Waals surface area contributed by atoms with Crippen molar-refractivity contribution in [2.24, 2.45) is 5.41 Å². The Balaban J connectivity index is 0.00000208. The van der Waals surface area contributed by atoms with Crippen molar-refractivity contribution in [3.8, 4) is 5.75 Å². The standard InChI is InChI=1S/C18H23NO3S.Na.H/c1-18(9-3-2-4-10-18)12-22-14-7-5-13(6-8-14)11-15-16(20)19-17(21)23-15;;/h5-8,15H,2-4,9-12H2,1H3,(H,19,20,21);;. The van der Waals surface area contributed by atoms with Gasteiger partial charge in [-0.25, -0.2) is 0 Å². The first kappa shape index (κ1) is 19.8. The van der Waals surface area contributed by atoms with Gasteiger partial charge in [-0.15, -0.1) is 0 Å². The van der Waals surface area contributed by atoms with Gasteiger partial charge in [-0.2, -0.15) is 0 Å². The summed E-state index contributed by atoms with van der Waals surface area (Å²) in [7, 11) is 0. The Hall–Kier alpha value is -0.490. The van der Waals surface area contributed by atoms with Crippen LogP contribution in [-0.2, 0) is 11.2 Å². The molecule has 1 heterocycles. The summed E-state index contributed by atoms with van der Waals surface area (Å²) >= 11 is 1.07. The van der Waals surface area contributed by atoms with E-state index < -0.39 is 0 Å². The van der Waals surface area contributed by atoms with Crippen LogP contribution in [0.2, 0.25) is 0 Å². The predicted molar refractivity (Wildman–Crippen MR) is 98.9 cm³/mol. The summed E-state index contributed by atoms with van der Waals surface area (Å²) in [5.41, 5.74) is 1.35. The van der Waals surface area contributed by atoms with E-state index in [0.717, 1.165) is 29.7 Å². The fourth-order valence-electron chi connectivity index (χ4n) is 3.27. The quantitative estimate of drug-likeness (QED) is 0.822. The van der Waals surface area contributed by atoms with Gasteiger partial charge in [0.1, 0.15) is 5.75 Å². The van der Waals surface area contributed by atoms with E-state index in [2.05, 4.69) is 12.2 Å². The van der Waals surface area contributed by atoms with Crippen LogP contribution in [0.5, 0.6) is 5.75 Å². The van der Waals surface area contributed by atoms with E-state index in [4.69, 9.17) is 4.74 Å². The number of benzene rings is 1. The Morgan fingerprint density at radius 1 is 1.17 bits per heavy atom. The molecule has 24 heavy (non-hydrogen) atoms. The Morgan fingerprint density at radius 3 is 2.42 bits per heavy atom. The van der Waals surface area contributed by atoms with Crippen LogP contribution in [0.1, 0.15) is 44.6 Å². The van der Waals surface area contributed by atoms with Crippen molar-refractivity contribution in [2.45, 2.75) is 50.7 Å². The molecule has 1 saturated carbocycles. The minimum absolute atomic E-state index is 0. The molecular formula is C18H24NNaO3S. The van der Waals surface area contributed by atoms with Gasteiger partial charge in [-0.1, -0.05) is 50.1 Å². The first-order valence-corrected chi connectivity index (χ1v) is 9.15. The average Bonchev–Trinajstić information content (AvgIpc) is 2.85. The first-order valence-electron chi connectivity index (χ1n) is 8.27. The molecule has 2 fully saturated rings. The summed E-state index contributed by atoms with van der Waals surface area (Å²) in [6.45, 7) is 3.08. The third-order valence-electron chi connectivity index (χ3n) is 4.76. The molecule has 0 radical (unpaired) electrons. The first-order chi connectivity index (χ1) is 11.0. The molecule has 1 aromatic rings. The zero-order valence-electron chi connectivity index (χ0n) is 13.5. The van der Waals surface area contributed by atoms with Gasteiger partial charge in [0, 0.05) is 5.41 Å². The van der Waals surface area contributed by atoms with Gasteiger partial charge >= 0.3 is 29.6 Å². The SMILES string of the molecule is CC1(COc2ccc(CC3SC(=O)NC3=O)cc2)CCCCC1.[NaH]. The molecule has 126 valence electrons. The van der Waals surface area contributed by atoms with Crippen LogP contribution in [-0.4, -0.2) is 52.6 Å². The van der Waals surface area contributed by atoms with Crippen LogP contribution >= 0.6 is 11.8 Å². The molecule has 1 saturated heterocycles. The van der Waals surface area contributed by atoms with Crippen LogP contribution in [0.15, 0.2) is 24.3 Å². The molecule has 0 aromatic heterocycles. The number of rotatable bonds is 5. The molecule has 4 nitrogen and oxygen atoms in total. The Labute approximate surface area is 169 Å². The molecule has 0 bridgehead atoms. The van der Waals surface area contributed by atoms with Crippen molar-refractivity contribution < 1.29 is 14.3 Å². The number of thioether (sulfide) groups is 1. The fourth-order valence-corrected chi connectivity index (χ4v) is 4.13. The van der Waals surface area contributed by atoms with Crippen LogP contribution in [0.3, 0.4) is 0 Å². The number of hydrogen-bond donors (Lipinski definition) is 1. The summed E-state index contributed by atoms with van der Waals surface area (Å²) in [6, 6.07) is 7.88. The summed E-state index contributed by atoms with van der Waals surface area (Å²) < 4.78 is 5.97. The zero-order chi connectivity index (χ0) is 16.3. The molecule has 0 spiro atoms. The molecule has 1 unspecified atom stereocenters. The van der Waals surface area contributed by atoms with Crippen molar-refractivity contribution in [1.82, 2.24) is 5.32 Å². The summed E-state index contributed by atoms with van der Waals surface area (Å²) in [5.74, 6) is 0.686.